The van der Waals surface area contributed by atoms with Crippen LogP contribution in [0.5, 0.6) is 0 Å². The Morgan fingerprint density at radius 3 is 2.94 bits per heavy atom. The van der Waals surface area contributed by atoms with Crippen molar-refractivity contribution >= 4 is 0 Å². The number of rotatable bonds is 4. The van der Waals surface area contributed by atoms with Crippen molar-refractivity contribution in [2.24, 2.45) is 5.73 Å². The maximum Gasteiger partial charge on any atom is 0.229 e. The third kappa shape index (κ3) is 2.65. The molecule has 2 rings (SSSR count). The smallest absolute Gasteiger partial charge is 0.229 e. The van der Waals surface area contributed by atoms with E-state index in [0.717, 1.165) is 6.42 Å². The maximum atomic E-state index is 5.49. The Balaban J connectivity index is 2.23. The van der Waals surface area contributed by atoms with Gasteiger partial charge in [-0.05, 0) is 26.0 Å². The van der Waals surface area contributed by atoms with Crippen molar-refractivity contribution in [2.75, 3.05) is 6.54 Å². The monoisotopic (exact) mass is 233 g/mol. The number of hydrogen-bond donors (Lipinski definition) is 1. The molecular weight excluding hydrogens is 218 g/mol. The van der Waals surface area contributed by atoms with Gasteiger partial charge in [-0.2, -0.15) is 4.98 Å². The van der Waals surface area contributed by atoms with Crippen LogP contribution in [-0.2, 0) is 0 Å². The molecule has 2 aromatic heterocycles. The van der Waals surface area contributed by atoms with Gasteiger partial charge in [0.25, 0.3) is 0 Å². The highest BCUT2D eigenvalue weighted by atomic mass is 16.5. The largest absolute Gasteiger partial charge is 0.339 e. The van der Waals surface area contributed by atoms with Gasteiger partial charge in [-0.3, -0.25) is 0 Å². The summed E-state index contributed by atoms with van der Waals surface area (Å²) in [5.41, 5.74) is 6.17. The van der Waals surface area contributed by atoms with Gasteiger partial charge in [-0.15, -0.1) is 0 Å². The summed E-state index contributed by atoms with van der Waals surface area (Å²) in [5.74, 6) is 1.95. The first-order valence-corrected chi connectivity index (χ1v) is 5.54. The highest BCUT2D eigenvalue weighted by Gasteiger charge is 2.15. The maximum absolute atomic E-state index is 5.49. The van der Waals surface area contributed by atoms with E-state index in [2.05, 4.69) is 20.1 Å². The lowest BCUT2D eigenvalue weighted by Crippen LogP contribution is -2.04. The summed E-state index contributed by atoms with van der Waals surface area (Å²) in [6, 6.07) is 1.76. The van der Waals surface area contributed by atoms with Crippen molar-refractivity contribution in [1.29, 1.82) is 0 Å². The van der Waals surface area contributed by atoms with Crippen LogP contribution in [0.25, 0.3) is 11.5 Å². The van der Waals surface area contributed by atoms with E-state index in [1.165, 1.54) is 0 Å². The molecule has 2 N–H and O–H groups in total. The molecule has 0 aliphatic rings. The molecular formula is C11H15N5O. The Morgan fingerprint density at radius 2 is 2.24 bits per heavy atom. The van der Waals surface area contributed by atoms with Gasteiger partial charge in [0.1, 0.15) is 11.5 Å². The van der Waals surface area contributed by atoms with Crippen LogP contribution in [0, 0.1) is 6.92 Å². The van der Waals surface area contributed by atoms with E-state index >= 15 is 0 Å². The number of nitrogens with zero attached hydrogens (tertiary/aromatic N) is 4. The molecule has 2 aromatic rings. The number of hydrogen-bond acceptors (Lipinski definition) is 6. The van der Waals surface area contributed by atoms with Crippen LogP contribution in [0.1, 0.15) is 31.0 Å². The van der Waals surface area contributed by atoms with Crippen LogP contribution >= 0.6 is 0 Å². The Hall–Kier alpha value is -1.82. The lowest BCUT2D eigenvalue weighted by Gasteiger charge is -2.01. The molecule has 0 radical (unpaired) electrons. The Kier molecular flexibility index (Phi) is 3.43. The molecule has 0 saturated heterocycles. The van der Waals surface area contributed by atoms with E-state index < -0.39 is 0 Å². The molecule has 0 spiro atoms. The van der Waals surface area contributed by atoms with E-state index in [1.807, 2.05) is 13.8 Å². The fraction of sp³-hybridized carbons (Fsp3) is 0.455. The Morgan fingerprint density at radius 1 is 1.41 bits per heavy atom. The van der Waals surface area contributed by atoms with Gasteiger partial charge in [0.15, 0.2) is 0 Å². The minimum atomic E-state index is 0.171. The fourth-order valence-corrected chi connectivity index (χ4v) is 1.49. The number of aryl methyl sites for hydroxylation is 1. The third-order valence-corrected chi connectivity index (χ3v) is 2.47. The van der Waals surface area contributed by atoms with Crippen molar-refractivity contribution in [2.45, 2.75) is 26.2 Å². The fourth-order valence-electron chi connectivity index (χ4n) is 1.49. The molecule has 1 unspecified atom stereocenters. The van der Waals surface area contributed by atoms with E-state index in [1.54, 1.807) is 12.3 Å². The molecule has 90 valence electrons. The first-order chi connectivity index (χ1) is 8.20. The van der Waals surface area contributed by atoms with Gasteiger partial charge in [-0.1, -0.05) is 12.1 Å². The topological polar surface area (TPSA) is 90.7 Å². The van der Waals surface area contributed by atoms with Crippen LogP contribution in [0.15, 0.2) is 16.8 Å². The summed E-state index contributed by atoms with van der Waals surface area (Å²) in [6.07, 6.45) is 2.50. The van der Waals surface area contributed by atoms with Gasteiger partial charge in [0.2, 0.25) is 11.7 Å². The zero-order valence-electron chi connectivity index (χ0n) is 9.92. The normalized spacial score (nSPS) is 12.6. The quantitative estimate of drug-likeness (QED) is 0.855. The van der Waals surface area contributed by atoms with Gasteiger partial charge >= 0.3 is 0 Å². The molecule has 0 fully saturated rings. The van der Waals surface area contributed by atoms with E-state index in [9.17, 15) is 0 Å². The highest BCUT2D eigenvalue weighted by Crippen LogP contribution is 2.19. The molecule has 6 nitrogen and oxygen atoms in total. The first-order valence-electron chi connectivity index (χ1n) is 5.54. The van der Waals surface area contributed by atoms with Crippen molar-refractivity contribution < 1.29 is 4.52 Å². The van der Waals surface area contributed by atoms with Crippen molar-refractivity contribution in [1.82, 2.24) is 20.1 Å². The molecule has 6 heteroatoms. The lowest BCUT2D eigenvalue weighted by molar-refractivity contribution is 0.355. The third-order valence-electron chi connectivity index (χ3n) is 2.47. The van der Waals surface area contributed by atoms with E-state index in [4.69, 9.17) is 10.3 Å². The Bertz CT molecular complexity index is 496. The molecule has 0 aliphatic heterocycles. The van der Waals surface area contributed by atoms with Crippen molar-refractivity contribution in [3.63, 3.8) is 0 Å². The highest BCUT2D eigenvalue weighted by molar-refractivity contribution is 5.47. The van der Waals surface area contributed by atoms with Crippen LogP contribution in [-0.4, -0.2) is 26.7 Å². The summed E-state index contributed by atoms with van der Waals surface area (Å²) in [5, 5.41) is 3.91. The standard InChI is InChI=1S/C11H15N5O/c1-7(3-5-12)11-15-10(16-17-11)9-4-6-13-8(2)14-9/h4,6-7H,3,5,12H2,1-2H3. The van der Waals surface area contributed by atoms with E-state index in [-0.39, 0.29) is 5.92 Å². The molecule has 2 heterocycles. The number of nitrogens with two attached hydrogens (primary N) is 1. The predicted octanol–water partition coefficient (Wildman–Crippen LogP) is 1.29. The van der Waals surface area contributed by atoms with Crippen molar-refractivity contribution in [3.8, 4) is 11.5 Å². The average molecular weight is 233 g/mol. The summed E-state index contributed by atoms with van der Waals surface area (Å²) >= 11 is 0. The van der Waals surface area contributed by atoms with Crippen LogP contribution in [0.2, 0.25) is 0 Å². The minimum absolute atomic E-state index is 0.171. The first kappa shape index (κ1) is 11.7. The lowest BCUT2D eigenvalue weighted by atomic mass is 10.1. The predicted molar refractivity (Wildman–Crippen MR) is 62.1 cm³/mol. The summed E-state index contributed by atoms with van der Waals surface area (Å²) in [4.78, 5) is 12.6. The number of aromatic nitrogens is 4. The SMILES string of the molecule is Cc1nccc(-c2noc(C(C)CCN)n2)n1. The van der Waals surface area contributed by atoms with Gasteiger partial charge < -0.3 is 10.3 Å². The zero-order valence-corrected chi connectivity index (χ0v) is 9.92. The second-order valence-corrected chi connectivity index (χ2v) is 3.92. The van der Waals surface area contributed by atoms with Crippen molar-refractivity contribution in [3.05, 3.63) is 24.0 Å². The van der Waals surface area contributed by atoms with Gasteiger partial charge in [-0.25, -0.2) is 9.97 Å². The molecule has 0 bridgehead atoms. The second kappa shape index (κ2) is 5.01. The summed E-state index contributed by atoms with van der Waals surface area (Å²) < 4.78 is 5.20. The molecule has 0 aliphatic carbocycles. The average Bonchev–Trinajstić information content (AvgIpc) is 2.78. The zero-order chi connectivity index (χ0) is 12.3. The molecule has 17 heavy (non-hydrogen) atoms. The van der Waals surface area contributed by atoms with Crippen LogP contribution in [0.4, 0.5) is 0 Å². The molecule has 0 saturated carbocycles. The van der Waals surface area contributed by atoms with Crippen LogP contribution in [0.3, 0.4) is 0 Å². The molecule has 1 atom stereocenters. The second-order valence-electron chi connectivity index (χ2n) is 3.92. The molecule has 0 aromatic carbocycles. The molecule has 0 amide bonds. The van der Waals surface area contributed by atoms with E-state index in [0.29, 0.717) is 29.8 Å². The van der Waals surface area contributed by atoms with Crippen LogP contribution < -0.4 is 5.73 Å². The van der Waals surface area contributed by atoms with Gasteiger partial charge in [0.05, 0.1) is 0 Å². The van der Waals surface area contributed by atoms with Gasteiger partial charge in [0, 0.05) is 12.1 Å². The minimum Gasteiger partial charge on any atom is -0.339 e. The summed E-state index contributed by atoms with van der Waals surface area (Å²) in [7, 11) is 0. The Labute approximate surface area is 99.3 Å². The summed E-state index contributed by atoms with van der Waals surface area (Å²) in [6.45, 7) is 4.43.